The zero-order chi connectivity index (χ0) is 13.7. The van der Waals surface area contributed by atoms with E-state index in [9.17, 15) is 5.11 Å². The van der Waals surface area contributed by atoms with Crippen LogP contribution in [0.15, 0.2) is 36.4 Å². The first kappa shape index (κ1) is 13.6. The van der Waals surface area contributed by atoms with Crippen LogP contribution >= 0.6 is 0 Å². The van der Waals surface area contributed by atoms with Gasteiger partial charge in [0, 0.05) is 17.9 Å². The van der Waals surface area contributed by atoms with Crippen molar-refractivity contribution in [1.29, 1.82) is 0 Å². The molecule has 0 aliphatic rings. The molecule has 4 heteroatoms. The summed E-state index contributed by atoms with van der Waals surface area (Å²) in [6.07, 6.45) is -0.633. The summed E-state index contributed by atoms with van der Waals surface area (Å²) in [4.78, 5) is 0. The minimum atomic E-state index is -0.633. The molecule has 2 aromatic rings. The van der Waals surface area contributed by atoms with Gasteiger partial charge in [0.25, 0.3) is 0 Å². The lowest BCUT2D eigenvalue weighted by atomic mass is 10.1. The van der Waals surface area contributed by atoms with Crippen molar-refractivity contribution in [1.82, 2.24) is 0 Å². The summed E-state index contributed by atoms with van der Waals surface area (Å²) in [5.41, 5.74) is 0. The van der Waals surface area contributed by atoms with Gasteiger partial charge in [0.2, 0.25) is 0 Å². The van der Waals surface area contributed by atoms with Crippen LogP contribution in [0, 0.1) is 0 Å². The molecule has 0 aliphatic heterocycles. The Bertz CT molecular complexity index is 539. The number of hydrogen-bond donors (Lipinski definition) is 1. The van der Waals surface area contributed by atoms with E-state index in [4.69, 9.17) is 14.2 Å². The minimum Gasteiger partial charge on any atom is -0.496 e. The summed E-state index contributed by atoms with van der Waals surface area (Å²) < 4.78 is 15.8. The van der Waals surface area contributed by atoms with Gasteiger partial charge in [-0.05, 0) is 12.1 Å². The highest BCUT2D eigenvalue weighted by Gasteiger charge is 2.09. The Hall–Kier alpha value is -1.78. The van der Waals surface area contributed by atoms with Gasteiger partial charge in [-0.1, -0.05) is 24.3 Å². The van der Waals surface area contributed by atoms with Crippen LogP contribution in [0.2, 0.25) is 0 Å². The summed E-state index contributed by atoms with van der Waals surface area (Å²) in [6, 6.07) is 11.6. The van der Waals surface area contributed by atoms with Crippen LogP contribution < -0.4 is 9.47 Å². The Kier molecular flexibility index (Phi) is 4.60. The van der Waals surface area contributed by atoms with Gasteiger partial charge in [0.05, 0.1) is 13.7 Å². The van der Waals surface area contributed by atoms with E-state index in [1.807, 2.05) is 36.4 Å². The number of fused-ring (bicyclic) bond motifs is 1. The highest BCUT2D eigenvalue weighted by Crippen LogP contribution is 2.32. The normalized spacial score (nSPS) is 12.4. The molecule has 19 heavy (non-hydrogen) atoms. The molecule has 2 rings (SSSR count). The zero-order valence-corrected chi connectivity index (χ0v) is 11.1. The van der Waals surface area contributed by atoms with Crippen molar-refractivity contribution >= 4 is 10.8 Å². The molecular weight excluding hydrogens is 244 g/mol. The first-order chi connectivity index (χ1) is 9.26. The molecule has 0 amide bonds. The Morgan fingerprint density at radius 3 is 2.21 bits per heavy atom. The number of ether oxygens (including phenoxy) is 3. The number of methoxy groups -OCH3 is 2. The van der Waals surface area contributed by atoms with E-state index in [1.165, 1.54) is 0 Å². The van der Waals surface area contributed by atoms with E-state index in [2.05, 4.69) is 0 Å². The Morgan fingerprint density at radius 2 is 1.58 bits per heavy atom. The fourth-order valence-corrected chi connectivity index (χ4v) is 1.97. The highest BCUT2D eigenvalue weighted by molar-refractivity contribution is 5.93. The fourth-order valence-electron chi connectivity index (χ4n) is 1.97. The van der Waals surface area contributed by atoms with Gasteiger partial charge in [-0.3, -0.25) is 0 Å². The molecule has 0 heterocycles. The molecule has 0 aromatic heterocycles. The second kappa shape index (κ2) is 6.41. The lowest BCUT2D eigenvalue weighted by Gasteiger charge is -2.14. The van der Waals surface area contributed by atoms with Crippen LogP contribution in [0.25, 0.3) is 10.8 Å². The molecule has 1 atom stereocenters. The number of benzene rings is 2. The molecule has 0 bridgehead atoms. The van der Waals surface area contributed by atoms with Gasteiger partial charge in [0.15, 0.2) is 0 Å². The predicted octanol–water partition coefficient (Wildman–Crippen LogP) is 2.23. The monoisotopic (exact) mass is 262 g/mol. The largest absolute Gasteiger partial charge is 0.496 e. The van der Waals surface area contributed by atoms with Crippen LogP contribution in [-0.2, 0) is 4.74 Å². The Balaban J connectivity index is 2.24. The third kappa shape index (κ3) is 3.16. The van der Waals surface area contributed by atoms with Gasteiger partial charge in [0.1, 0.15) is 24.2 Å². The number of aliphatic hydroxyl groups is 1. The fraction of sp³-hybridized carbons (Fsp3) is 0.333. The lowest BCUT2D eigenvalue weighted by molar-refractivity contribution is 0.0329. The number of aliphatic hydroxyl groups excluding tert-OH is 1. The quantitative estimate of drug-likeness (QED) is 0.867. The molecule has 0 saturated heterocycles. The van der Waals surface area contributed by atoms with Gasteiger partial charge in [-0.2, -0.15) is 0 Å². The number of rotatable bonds is 6. The Morgan fingerprint density at radius 1 is 0.947 bits per heavy atom. The average molecular weight is 262 g/mol. The van der Waals surface area contributed by atoms with Crippen molar-refractivity contribution in [3.8, 4) is 11.5 Å². The molecule has 0 fully saturated rings. The first-order valence-corrected chi connectivity index (χ1v) is 6.11. The molecule has 4 nitrogen and oxygen atoms in total. The van der Waals surface area contributed by atoms with E-state index < -0.39 is 6.10 Å². The van der Waals surface area contributed by atoms with Crippen molar-refractivity contribution in [3.05, 3.63) is 36.4 Å². The topological polar surface area (TPSA) is 47.9 Å². The van der Waals surface area contributed by atoms with Gasteiger partial charge < -0.3 is 19.3 Å². The maximum absolute atomic E-state index is 9.61. The molecule has 102 valence electrons. The third-order valence-corrected chi connectivity index (χ3v) is 2.85. The van der Waals surface area contributed by atoms with Crippen molar-refractivity contribution in [2.75, 3.05) is 27.4 Å². The van der Waals surface area contributed by atoms with Crippen LogP contribution in [0.5, 0.6) is 11.5 Å². The summed E-state index contributed by atoms with van der Waals surface area (Å²) in [5.74, 6) is 1.53. The van der Waals surface area contributed by atoms with E-state index in [0.29, 0.717) is 0 Å². The van der Waals surface area contributed by atoms with E-state index >= 15 is 0 Å². The van der Waals surface area contributed by atoms with Crippen LogP contribution in [0.4, 0.5) is 0 Å². The van der Waals surface area contributed by atoms with Gasteiger partial charge in [-0.25, -0.2) is 0 Å². The zero-order valence-electron chi connectivity index (χ0n) is 11.1. The molecule has 1 unspecified atom stereocenters. The van der Waals surface area contributed by atoms with Gasteiger partial charge in [-0.15, -0.1) is 0 Å². The molecular formula is C15H18O4. The average Bonchev–Trinajstić information content (AvgIpc) is 2.45. The highest BCUT2D eigenvalue weighted by atomic mass is 16.5. The van der Waals surface area contributed by atoms with Crippen molar-refractivity contribution in [2.24, 2.45) is 0 Å². The summed E-state index contributed by atoms with van der Waals surface area (Å²) in [6.45, 7) is 0.457. The second-order valence-electron chi connectivity index (χ2n) is 4.23. The molecule has 0 aliphatic carbocycles. The lowest BCUT2D eigenvalue weighted by Crippen LogP contribution is -2.22. The van der Waals surface area contributed by atoms with Crippen LogP contribution in [0.1, 0.15) is 0 Å². The smallest absolute Gasteiger partial charge is 0.127 e. The maximum Gasteiger partial charge on any atom is 0.127 e. The summed E-state index contributed by atoms with van der Waals surface area (Å²) in [5, 5.41) is 11.6. The molecule has 2 aromatic carbocycles. The van der Waals surface area contributed by atoms with Crippen LogP contribution in [-0.4, -0.2) is 38.6 Å². The van der Waals surface area contributed by atoms with E-state index in [-0.39, 0.29) is 13.2 Å². The van der Waals surface area contributed by atoms with E-state index in [1.54, 1.807) is 14.2 Å². The summed E-state index contributed by atoms with van der Waals surface area (Å²) >= 11 is 0. The molecule has 0 saturated carbocycles. The first-order valence-electron chi connectivity index (χ1n) is 6.11. The van der Waals surface area contributed by atoms with Crippen LogP contribution in [0.3, 0.4) is 0 Å². The Labute approximate surface area is 112 Å². The predicted molar refractivity (Wildman–Crippen MR) is 73.9 cm³/mol. The molecule has 0 radical (unpaired) electrons. The molecule has 1 N–H and O–H groups in total. The second-order valence-corrected chi connectivity index (χ2v) is 4.23. The SMILES string of the molecule is COCC(O)COc1ccc(OC)c2ccccc12. The van der Waals surface area contributed by atoms with E-state index in [0.717, 1.165) is 22.3 Å². The third-order valence-electron chi connectivity index (χ3n) is 2.85. The number of hydrogen-bond acceptors (Lipinski definition) is 4. The van der Waals surface area contributed by atoms with Crippen molar-refractivity contribution in [2.45, 2.75) is 6.10 Å². The van der Waals surface area contributed by atoms with Gasteiger partial charge >= 0.3 is 0 Å². The summed E-state index contributed by atoms with van der Waals surface area (Å²) in [7, 11) is 3.19. The minimum absolute atomic E-state index is 0.199. The van der Waals surface area contributed by atoms with Crippen molar-refractivity contribution in [3.63, 3.8) is 0 Å². The standard InChI is InChI=1S/C15H18O4/c1-17-9-11(16)10-19-15-8-7-14(18-2)12-5-3-4-6-13(12)15/h3-8,11,16H,9-10H2,1-2H3. The van der Waals surface area contributed by atoms with Crippen molar-refractivity contribution < 1.29 is 19.3 Å². The maximum atomic E-state index is 9.61. The molecule has 0 spiro atoms.